The van der Waals surface area contributed by atoms with Gasteiger partial charge in [0.25, 0.3) is 0 Å². The van der Waals surface area contributed by atoms with E-state index in [1.54, 1.807) is 0 Å². The summed E-state index contributed by atoms with van der Waals surface area (Å²) in [6.07, 6.45) is 2.11. The van der Waals surface area contributed by atoms with Crippen LogP contribution in [0.2, 0.25) is 0 Å². The van der Waals surface area contributed by atoms with E-state index in [0.29, 0.717) is 5.92 Å². The van der Waals surface area contributed by atoms with E-state index in [9.17, 15) is 4.57 Å². The third-order valence-electron chi connectivity index (χ3n) is 4.57. The van der Waals surface area contributed by atoms with Gasteiger partial charge in [0, 0.05) is 0 Å². The Kier molecular flexibility index (Phi) is 7.51. The van der Waals surface area contributed by atoms with Crippen molar-refractivity contribution in [3.8, 4) is 0 Å². The van der Waals surface area contributed by atoms with Gasteiger partial charge in [-0.15, -0.1) is 0 Å². The van der Waals surface area contributed by atoms with Crippen molar-refractivity contribution < 1.29 is 4.57 Å². The Labute approximate surface area is 175 Å². The van der Waals surface area contributed by atoms with Crippen LogP contribution in [-0.4, -0.2) is 15.0 Å². The van der Waals surface area contributed by atoms with Crippen LogP contribution in [0.1, 0.15) is 26.7 Å². The van der Waals surface area contributed by atoms with Crippen LogP contribution in [0, 0.1) is 5.92 Å². The molecule has 0 radical (unpaired) electrons. The molecule has 0 amide bonds. The van der Waals surface area contributed by atoms with E-state index in [1.165, 1.54) is 8.93 Å². The van der Waals surface area contributed by atoms with Crippen molar-refractivity contribution in [2.45, 2.75) is 26.7 Å². The maximum absolute atomic E-state index is 14.4. The molecule has 3 aromatic rings. The molecular formula is C25H27OPSe. The van der Waals surface area contributed by atoms with E-state index in [4.69, 9.17) is 0 Å². The number of rotatable bonds is 8. The first-order chi connectivity index (χ1) is 13.6. The molecule has 3 aromatic carbocycles. The second-order valence-electron chi connectivity index (χ2n) is 7.27. The summed E-state index contributed by atoms with van der Waals surface area (Å²) in [7, 11) is -2.82. The Morgan fingerprint density at radius 3 is 1.75 bits per heavy atom. The summed E-state index contributed by atoms with van der Waals surface area (Å²) in [6.45, 7) is 4.50. The molecule has 0 N–H and O–H groups in total. The summed E-state index contributed by atoms with van der Waals surface area (Å²) in [5, 5.41) is 1.82. The van der Waals surface area contributed by atoms with Crippen LogP contribution in [0.25, 0.3) is 0 Å². The summed E-state index contributed by atoms with van der Waals surface area (Å²) in [6, 6.07) is 30.5. The topological polar surface area (TPSA) is 17.1 Å². The summed E-state index contributed by atoms with van der Waals surface area (Å²) in [4.78, 5) is 0. The van der Waals surface area contributed by atoms with Gasteiger partial charge in [0.2, 0.25) is 0 Å². The maximum atomic E-state index is 14.4. The molecule has 0 aliphatic carbocycles. The summed E-state index contributed by atoms with van der Waals surface area (Å²) in [5.41, 5.74) is 0. The summed E-state index contributed by atoms with van der Waals surface area (Å²) < 4.78 is 17.0. The first-order valence-electron chi connectivity index (χ1n) is 9.73. The van der Waals surface area contributed by atoms with Crippen LogP contribution >= 0.6 is 7.14 Å². The number of benzene rings is 3. The molecule has 3 heteroatoms. The fraction of sp³-hybridized carbons (Fsp3) is 0.200. The van der Waals surface area contributed by atoms with Gasteiger partial charge < -0.3 is 0 Å². The van der Waals surface area contributed by atoms with Gasteiger partial charge in [-0.1, -0.05) is 0 Å². The average molecular weight is 453 g/mol. The zero-order valence-electron chi connectivity index (χ0n) is 16.5. The monoisotopic (exact) mass is 454 g/mol. The quantitative estimate of drug-likeness (QED) is 0.334. The van der Waals surface area contributed by atoms with Crippen LogP contribution in [0.5, 0.6) is 0 Å². The molecule has 0 heterocycles. The van der Waals surface area contributed by atoms with Crippen LogP contribution in [-0.2, 0) is 4.57 Å². The molecule has 0 saturated heterocycles. The minimum atomic E-state index is -2.82. The van der Waals surface area contributed by atoms with Gasteiger partial charge in [0.1, 0.15) is 0 Å². The van der Waals surface area contributed by atoms with Crippen molar-refractivity contribution in [3.63, 3.8) is 0 Å². The Hall–Kier alpha value is -1.85. The van der Waals surface area contributed by atoms with E-state index in [0.717, 1.165) is 23.5 Å². The van der Waals surface area contributed by atoms with Crippen molar-refractivity contribution in [1.29, 1.82) is 0 Å². The standard InChI is InChI=1S/C25H27OPSe/c1-21(2)18-19-25(28-24-16-10-5-11-17-24)20-27(26,22-12-6-3-7-13-22)23-14-8-4-9-15-23/h3-17,20-21H,18-19H2,1-2H3/b25-20+. The first kappa shape index (κ1) is 20.9. The Bertz CT molecular complexity index is 891. The third-order valence-corrected chi connectivity index (χ3v) is 10.1. The Morgan fingerprint density at radius 2 is 1.29 bits per heavy atom. The zero-order valence-corrected chi connectivity index (χ0v) is 19.1. The minimum absolute atomic E-state index is 0.176. The molecule has 0 unspecified atom stereocenters. The van der Waals surface area contributed by atoms with E-state index in [1.807, 2.05) is 60.7 Å². The van der Waals surface area contributed by atoms with Crippen LogP contribution in [0.3, 0.4) is 0 Å². The van der Waals surface area contributed by atoms with Crippen LogP contribution < -0.4 is 15.1 Å². The van der Waals surface area contributed by atoms with Crippen molar-refractivity contribution in [3.05, 3.63) is 101 Å². The van der Waals surface area contributed by atoms with E-state index in [-0.39, 0.29) is 15.0 Å². The van der Waals surface area contributed by atoms with Gasteiger partial charge >= 0.3 is 176 Å². The van der Waals surface area contributed by atoms with Crippen molar-refractivity contribution in [1.82, 2.24) is 0 Å². The van der Waals surface area contributed by atoms with Crippen molar-refractivity contribution >= 4 is 37.2 Å². The van der Waals surface area contributed by atoms with Crippen molar-refractivity contribution in [2.24, 2.45) is 5.92 Å². The molecule has 0 aromatic heterocycles. The molecule has 28 heavy (non-hydrogen) atoms. The fourth-order valence-electron chi connectivity index (χ4n) is 3.01. The molecule has 0 aliphatic rings. The molecule has 0 atom stereocenters. The molecule has 3 rings (SSSR count). The molecule has 0 bridgehead atoms. The van der Waals surface area contributed by atoms with E-state index < -0.39 is 7.14 Å². The molecule has 0 spiro atoms. The van der Waals surface area contributed by atoms with Gasteiger partial charge in [0.15, 0.2) is 0 Å². The SMILES string of the molecule is CC(C)CC/C(=C\P(=O)(c1ccccc1)c1ccccc1)[Se]c1ccccc1. The van der Waals surface area contributed by atoms with Crippen LogP contribution in [0.4, 0.5) is 0 Å². The van der Waals surface area contributed by atoms with Crippen molar-refractivity contribution in [2.75, 3.05) is 0 Å². The molecule has 0 aliphatic heterocycles. The molecule has 1 nitrogen and oxygen atoms in total. The molecular weight excluding hydrogens is 426 g/mol. The predicted molar refractivity (Wildman–Crippen MR) is 124 cm³/mol. The fourth-order valence-corrected chi connectivity index (χ4v) is 8.40. The van der Waals surface area contributed by atoms with Gasteiger partial charge in [-0.05, 0) is 0 Å². The zero-order chi connectivity index (χ0) is 19.8. The first-order valence-corrected chi connectivity index (χ1v) is 13.2. The van der Waals surface area contributed by atoms with Crippen LogP contribution in [0.15, 0.2) is 101 Å². The number of hydrogen-bond acceptors (Lipinski definition) is 1. The van der Waals surface area contributed by atoms with Gasteiger partial charge in [-0.2, -0.15) is 0 Å². The number of allylic oxidation sites excluding steroid dienone is 1. The van der Waals surface area contributed by atoms with E-state index in [2.05, 4.69) is 50.0 Å². The molecule has 144 valence electrons. The molecule has 0 fully saturated rings. The number of hydrogen-bond donors (Lipinski definition) is 0. The predicted octanol–water partition coefficient (Wildman–Crippen LogP) is 5.31. The van der Waals surface area contributed by atoms with Gasteiger partial charge in [-0.25, -0.2) is 0 Å². The van der Waals surface area contributed by atoms with Gasteiger partial charge in [-0.3, -0.25) is 0 Å². The van der Waals surface area contributed by atoms with E-state index >= 15 is 0 Å². The average Bonchev–Trinajstić information content (AvgIpc) is 2.74. The molecule has 0 saturated carbocycles. The Morgan fingerprint density at radius 1 is 0.821 bits per heavy atom. The summed E-state index contributed by atoms with van der Waals surface area (Å²) >= 11 is 0.176. The summed E-state index contributed by atoms with van der Waals surface area (Å²) in [5.74, 6) is 2.75. The van der Waals surface area contributed by atoms with Gasteiger partial charge in [0.05, 0.1) is 0 Å². The third kappa shape index (κ3) is 5.58. The normalized spacial score (nSPS) is 12.3. The second-order valence-corrected chi connectivity index (χ2v) is 12.4. The Balaban J connectivity index is 2.06. The second kappa shape index (κ2) is 10.1.